The molecule has 26 heavy (non-hydrogen) atoms. The molecule has 0 bridgehead atoms. The minimum absolute atomic E-state index is 0.182. The SMILES string of the molecule is CCCCCCCOc1ccc(NC(=O)C(C)Oc2ccccc2)cc1. The van der Waals surface area contributed by atoms with Crippen molar-refractivity contribution in [1.82, 2.24) is 0 Å². The first-order chi connectivity index (χ1) is 12.7. The van der Waals surface area contributed by atoms with Crippen molar-refractivity contribution >= 4 is 11.6 Å². The second kappa shape index (κ2) is 11.2. The first-order valence-electron chi connectivity index (χ1n) is 9.44. The third-order valence-electron chi connectivity index (χ3n) is 4.06. The van der Waals surface area contributed by atoms with Gasteiger partial charge in [-0.15, -0.1) is 0 Å². The number of benzene rings is 2. The molecule has 0 aliphatic heterocycles. The topological polar surface area (TPSA) is 47.6 Å². The zero-order valence-corrected chi connectivity index (χ0v) is 15.7. The van der Waals surface area contributed by atoms with Crippen LogP contribution in [-0.4, -0.2) is 18.6 Å². The van der Waals surface area contributed by atoms with Crippen molar-refractivity contribution < 1.29 is 14.3 Å². The Bertz CT molecular complexity index is 640. The van der Waals surface area contributed by atoms with Crippen LogP contribution in [0.3, 0.4) is 0 Å². The zero-order valence-electron chi connectivity index (χ0n) is 15.7. The van der Waals surface area contributed by atoms with E-state index in [4.69, 9.17) is 9.47 Å². The molecule has 0 spiro atoms. The molecule has 4 heteroatoms. The molecule has 1 atom stereocenters. The Labute approximate surface area is 156 Å². The van der Waals surface area contributed by atoms with E-state index in [9.17, 15) is 4.79 Å². The minimum Gasteiger partial charge on any atom is -0.494 e. The molecule has 0 saturated heterocycles. The molecular weight excluding hydrogens is 326 g/mol. The van der Waals surface area contributed by atoms with Gasteiger partial charge in [0.15, 0.2) is 6.10 Å². The monoisotopic (exact) mass is 355 g/mol. The number of hydrogen-bond donors (Lipinski definition) is 1. The number of rotatable bonds is 11. The van der Waals surface area contributed by atoms with Gasteiger partial charge in [-0.05, 0) is 49.7 Å². The number of nitrogens with one attached hydrogen (secondary N) is 1. The summed E-state index contributed by atoms with van der Waals surface area (Å²) in [4.78, 5) is 12.2. The van der Waals surface area contributed by atoms with Gasteiger partial charge in [-0.25, -0.2) is 0 Å². The van der Waals surface area contributed by atoms with E-state index in [0.717, 1.165) is 24.5 Å². The van der Waals surface area contributed by atoms with Crippen LogP contribution in [0.15, 0.2) is 54.6 Å². The van der Waals surface area contributed by atoms with Gasteiger partial charge in [0.2, 0.25) is 0 Å². The highest BCUT2D eigenvalue weighted by atomic mass is 16.5. The summed E-state index contributed by atoms with van der Waals surface area (Å²) < 4.78 is 11.4. The number of para-hydroxylation sites is 1. The first-order valence-corrected chi connectivity index (χ1v) is 9.44. The lowest BCUT2D eigenvalue weighted by Gasteiger charge is -2.15. The van der Waals surface area contributed by atoms with Crippen LogP contribution in [0.5, 0.6) is 11.5 Å². The molecule has 0 aliphatic carbocycles. The Kier molecular flexibility index (Phi) is 8.53. The van der Waals surface area contributed by atoms with Gasteiger partial charge in [-0.1, -0.05) is 50.8 Å². The van der Waals surface area contributed by atoms with E-state index in [0.29, 0.717) is 5.75 Å². The fourth-order valence-electron chi connectivity index (χ4n) is 2.53. The van der Waals surface area contributed by atoms with Crippen molar-refractivity contribution in [3.8, 4) is 11.5 Å². The lowest BCUT2D eigenvalue weighted by molar-refractivity contribution is -0.122. The molecule has 4 nitrogen and oxygen atoms in total. The number of unbranched alkanes of at least 4 members (excludes halogenated alkanes) is 4. The van der Waals surface area contributed by atoms with Gasteiger partial charge in [-0.3, -0.25) is 4.79 Å². The fraction of sp³-hybridized carbons (Fsp3) is 0.409. The molecule has 1 unspecified atom stereocenters. The predicted molar refractivity (Wildman–Crippen MR) is 106 cm³/mol. The van der Waals surface area contributed by atoms with Crippen molar-refractivity contribution in [2.24, 2.45) is 0 Å². The summed E-state index contributed by atoms with van der Waals surface area (Å²) in [5.41, 5.74) is 0.730. The number of hydrogen-bond acceptors (Lipinski definition) is 3. The van der Waals surface area contributed by atoms with Crippen LogP contribution < -0.4 is 14.8 Å². The predicted octanol–water partition coefficient (Wildman–Crippen LogP) is 5.44. The lowest BCUT2D eigenvalue weighted by atomic mass is 10.2. The molecule has 0 heterocycles. The molecule has 1 N–H and O–H groups in total. The highest BCUT2D eigenvalue weighted by molar-refractivity contribution is 5.94. The summed E-state index contributed by atoms with van der Waals surface area (Å²) in [6.45, 7) is 4.68. The van der Waals surface area contributed by atoms with Crippen LogP contribution in [-0.2, 0) is 4.79 Å². The van der Waals surface area contributed by atoms with Gasteiger partial charge < -0.3 is 14.8 Å². The zero-order chi connectivity index (χ0) is 18.6. The quantitative estimate of drug-likeness (QED) is 0.546. The third-order valence-corrected chi connectivity index (χ3v) is 4.06. The van der Waals surface area contributed by atoms with Gasteiger partial charge in [0.1, 0.15) is 11.5 Å². The van der Waals surface area contributed by atoms with Crippen molar-refractivity contribution in [3.63, 3.8) is 0 Å². The van der Waals surface area contributed by atoms with Crippen molar-refractivity contribution in [1.29, 1.82) is 0 Å². The molecule has 2 aromatic rings. The smallest absolute Gasteiger partial charge is 0.265 e. The standard InChI is InChI=1S/C22H29NO3/c1-3-4-5-6-10-17-25-20-15-13-19(14-16-20)23-22(24)18(2)26-21-11-8-7-9-12-21/h7-9,11-16,18H,3-6,10,17H2,1-2H3,(H,23,24). The molecule has 0 aromatic heterocycles. The maximum absolute atomic E-state index is 12.2. The Morgan fingerprint density at radius 2 is 1.62 bits per heavy atom. The summed E-state index contributed by atoms with van der Waals surface area (Å²) in [7, 11) is 0. The molecule has 0 aliphatic rings. The number of ether oxygens (including phenoxy) is 2. The van der Waals surface area contributed by atoms with Crippen molar-refractivity contribution in [2.45, 2.75) is 52.1 Å². The van der Waals surface area contributed by atoms with Crippen LogP contribution >= 0.6 is 0 Å². The van der Waals surface area contributed by atoms with Gasteiger partial charge in [0, 0.05) is 5.69 Å². The average Bonchev–Trinajstić information content (AvgIpc) is 2.66. The first kappa shape index (κ1) is 19.8. The Hall–Kier alpha value is -2.49. The molecule has 2 rings (SSSR count). The molecule has 0 saturated carbocycles. The summed E-state index contributed by atoms with van der Waals surface area (Å²) in [6, 6.07) is 16.8. The van der Waals surface area contributed by atoms with Gasteiger partial charge in [0.05, 0.1) is 6.61 Å². The number of amides is 1. The van der Waals surface area contributed by atoms with Crippen LogP contribution in [0.2, 0.25) is 0 Å². The third kappa shape index (κ3) is 7.18. The molecule has 0 fully saturated rings. The molecule has 0 radical (unpaired) electrons. The number of carbonyl (C=O) groups excluding carboxylic acids is 1. The highest BCUT2D eigenvalue weighted by Crippen LogP contribution is 2.17. The molecule has 140 valence electrons. The maximum Gasteiger partial charge on any atom is 0.265 e. The molecular formula is C22H29NO3. The van der Waals surface area contributed by atoms with Crippen molar-refractivity contribution in [2.75, 3.05) is 11.9 Å². The second-order valence-electron chi connectivity index (χ2n) is 6.35. The lowest BCUT2D eigenvalue weighted by Crippen LogP contribution is -2.30. The van der Waals surface area contributed by atoms with E-state index in [1.807, 2.05) is 54.6 Å². The minimum atomic E-state index is -0.573. The maximum atomic E-state index is 12.2. The van der Waals surface area contributed by atoms with E-state index in [1.54, 1.807) is 6.92 Å². The fourth-order valence-corrected chi connectivity index (χ4v) is 2.53. The summed E-state index contributed by atoms with van der Waals surface area (Å²) in [6.07, 6.45) is 5.53. The number of anilines is 1. The number of carbonyl (C=O) groups is 1. The van der Waals surface area contributed by atoms with Crippen LogP contribution in [0.25, 0.3) is 0 Å². The van der Waals surface area contributed by atoms with Crippen LogP contribution in [0.4, 0.5) is 5.69 Å². The van der Waals surface area contributed by atoms with Gasteiger partial charge in [0.25, 0.3) is 5.91 Å². The summed E-state index contributed by atoms with van der Waals surface area (Å²) in [5.74, 6) is 1.32. The molecule has 1 amide bonds. The Morgan fingerprint density at radius 3 is 2.31 bits per heavy atom. The van der Waals surface area contributed by atoms with E-state index < -0.39 is 6.10 Å². The second-order valence-corrected chi connectivity index (χ2v) is 6.35. The van der Waals surface area contributed by atoms with E-state index >= 15 is 0 Å². The van der Waals surface area contributed by atoms with Crippen LogP contribution in [0.1, 0.15) is 46.0 Å². The normalized spacial score (nSPS) is 11.6. The highest BCUT2D eigenvalue weighted by Gasteiger charge is 2.14. The van der Waals surface area contributed by atoms with Gasteiger partial charge in [-0.2, -0.15) is 0 Å². The van der Waals surface area contributed by atoms with Crippen molar-refractivity contribution in [3.05, 3.63) is 54.6 Å². The summed E-state index contributed by atoms with van der Waals surface area (Å²) >= 11 is 0. The molecule has 2 aromatic carbocycles. The summed E-state index contributed by atoms with van der Waals surface area (Å²) in [5, 5.41) is 2.86. The van der Waals surface area contributed by atoms with E-state index in [2.05, 4.69) is 12.2 Å². The van der Waals surface area contributed by atoms with Gasteiger partial charge >= 0.3 is 0 Å². The van der Waals surface area contributed by atoms with E-state index in [1.165, 1.54) is 25.7 Å². The average molecular weight is 355 g/mol. The Balaban J connectivity index is 1.73. The van der Waals surface area contributed by atoms with Crippen LogP contribution in [0, 0.1) is 0 Å². The largest absolute Gasteiger partial charge is 0.494 e. The Morgan fingerprint density at radius 1 is 0.923 bits per heavy atom. The van der Waals surface area contributed by atoms with E-state index in [-0.39, 0.29) is 5.91 Å².